The van der Waals surface area contributed by atoms with E-state index >= 15 is 0 Å². The number of carbonyl (C=O) groups excluding carboxylic acids is 2. The molecule has 1 fully saturated rings. The lowest BCUT2D eigenvalue weighted by atomic mass is 9.93. The number of halogens is 1. The fourth-order valence-electron chi connectivity index (χ4n) is 3.52. The van der Waals surface area contributed by atoms with Gasteiger partial charge in [0, 0.05) is 17.1 Å². The highest BCUT2D eigenvalue weighted by Crippen LogP contribution is 2.39. The van der Waals surface area contributed by atoms with Gasteiger partial charge in [0.1, 0.15) is 5.76 Å². The smallest absolute Gasteiger partial charge is 0.295 e. The summed E-state index contributed by atoms with van der Waals surface area (Å²) in [6, 6.07) is 13.9. The molecule has 146 valence electrons. The van der Waals surface area contributed by atoms with Crippen LogP contribution in [-0.4, -0.2) is 28.2 Å². The standard InChI is InChI=1S/C23H24ClNO3/c1-4-13-25-20(16-7-5-15(6-8-16)14(2)3)19(22(27)23(25)28)21(26)17-9-11-18(24)12-10-17/h5-12,14,20,26H,4,13H2,1-3H3/b21-19-. The fraction of sp³-hybridized carbons (Fsp3) is 0.304. The van der Waals surface area contributed by atoms with Crippen molar-refractivity contribution in [1.29, 1.82) is 0 Å². The highest BCUT2D eigenvalue weighted by Gasteiger charge is 2.45. The van der Waals surface area contributed by atoms with Crippen LogP contribution in [0, 0.1) is 0 Å². The van der Waals surface area contributed by atoms with E-state index in [1.54, 1.807) is 29.2 Å². The summed E-state index contributed by atoms with van der Waals surface area (Å²) in [7, 11) is 0. The van der Waals surface area contributed by atoms with Gasteiger partial charge in [0.15, 0.2) is 0 Å². The van der Waals surface area contributed by atoms with Crippen molar-refractivity contribution in [2.75, 3.05) is 6.54 Å². The van der Waals surface area contributed by atoms with E-state index in [0.29, 0.717) is 29.5 Å². The van der Waals surface area contributed by atoms with Gasteiger partial charge in [-0.15, -0.1) is 0 Å². The highest BCUT2D eigenvalue weighted by molar-refractivity contribution is 6.46. The van der Waals surface area contributed by atoms with Crippen LogP contribution in [0.4, 0.5) is 0 Å². The predicted molar refractivity (Wildman–Crippen MR) is 111 cm³/mol. The second-order valence-electron chi connectivity index (χ2n) is 7.32. The molecule has 1 amide bonds. The van der Waals surface area contributed by atoms with Crippen molar-refractivity contribution in [3.63, 3.8) is 0 Å². The average molecular weight is 398 g/mol. The predicted octanol–water partition coefficient (Wildman–Crippen LogP) is 5.30. The maximum Gasteiger partial charge on any atom is 0.295 e. The van der Waals surface area contributed by atoms with Gasteiger partial charge >= 0.3 is 0 Å². The van der Waals surface area contributed by atoms with Crippen LogP contribution >= 0.6 is 11.6 Å². The molecule has 0 spiro atoms. The van der Waals surface area contributed by atoms with Gasteiger partial charge < -0.3 is 10.0 Å². The van der Waals surface area contributed by atoms with E-state index in [1.165, 1.54) is 5.56 Å². The molecule has 4 nitrogen and oxygen atoms in total. The van der Waals surface area contributed by atoms with Crippen LogP contribution in [0.2, 0.25) is 5.02 Å². The van der Waals surface area contributed by atoms with Crippen LogP contribution in [0.25, 0.3) is 5.76 Å². The fourth-order valence-corrected chi connectivity index (χ4v) is 3.65. The Hall–Kier alpha value is -2.59. The molecule has 0 aliphatic carbocycles. The summed E-state index contributed by atoms with van der Waals surface area (Å²) < 4.78 is 0. The van der Waals surface area contributed by atoms with Crippen molar-refractivity contribution in [3.05, 3.63) is 75.8 Å². The second kappa shape index (κ2) is 8.19. The van der Waals surface area contributed by atoms with E-state index in [9.17, 15) is 14.7 Å². The van der Waals surface area contributed by atoms with Gasteiger partial charge in [-0.3, -0.25) is 9.59 Å². The third-order valence-electron chi connectivity index (χ3n) is 5.04. The number of amides is 1. The van der Waals surface area contributed by atoms with Crippen molar-refractivity contribution in [3.8, 4) is 0 Å². The molecular weight excluding hydrogens is 374 g/mol. The van der Waals surface area contributed by atoms with Crippen LogP contribution in [0.1, 0.15) is 55.8 Å². The number of likely N-dealkylation sites (tertiary alicyclic amines) is 1. The quantitative estimate of drug-likeness (QED) is 0.423. The summed E-state index contributed by atoms with van der Waals surface area (Å²) in [5.74, 6) is -1.02. The van der Waals surface area contributed by atoms with Crippen LogP contribution in [0.5, 0.6) is 0 Å². The first-order chi connectivity index (χ1) is 13.3. The number of ketones is 1. The summed E-state index contributed by atoms with van der Waals surface area (Å²) in [6.45, 7) is 6.62. The molecular formula is C23H24ClNO3. The number of benzene rings is 2. The zero-order valence-electron chi connectivity index (χ0n) is 16.3. The van der Waals surface area contributed by atoms with Crippen molar-refractivity contribution >= 4 is 29.1 Å². The Balaban J connectivity index is 2.14. The molecule has 0 saturated carbocycles. The number of aliphatic hydroxyl groups is 1. The van der Waals surface area contributed by atoms with E-state index in [0.717, 1.165) is 5.56 Å². The molecule has 1 atom stereocenters. The molecule has 2 aromatic carbocycles. The Morgan fingerprint density at radius 2 is 1.68 bits per heavy atom. The lowest BCUT2D eigenvalue weighted by Gasteiger charge is -2.25. The number of Topliss-reactive ketones (excluding diaryl/α,β-unsaturated/α-hetero) is 1. The molecule has 5 heteroatoms. The van der Waals surface area contributed by atoms with E-state index in [-0.39, 0.29) is 11.3 Å². The van der Waals surface area contributed by atoms with Gasteiger partial charge in [-0.25, -0.2) is 0 Å². The molecule has 1 unspecified atom stereocenters. The number of carbonyl (C=O) groups is 2. The normalized spacial score (nSPS) is 18.9. The molecule has 3 rings (SSSR count). The summed E-state index contributed by atoms with van der Waals surface area (Å²) in [4.78, 5) is 27.0. The third kappa shape index (κ3) is 3.69. The Labute approximate surface area is 170 Å². The molecule has 1 aliphatic rings. The second-order valence-corrected chi connectivity index (χ2v) is 7.76. The molecule has 1 aliphatic heterocycles. The molecule has 0 aromatic heterocycles. The summed E-state index contributed by atoms with van der Waals surface area (Å²) in [5.41, 5.74) is 2.57. The molecule has 1 saturated heterocycles. The minimum Gasteiger partial charge on any atom is -0.507 e. The van der Waals surface area contributed by atoms with E-state index in [1.807, 2.05) is 31.2 Å². The topological polar surface area (TPSA) is 57.6 Å². The van der Waals surface area contributed by atoms with E-state index in [4.69, 9.17) is 11.6 Å². The molecule has 1 N–H and O–H groups in total. The van der Waals surface area contributed by atoms with Gasteiger partial charge in [-0.1, -0.05) is 56.6 Å². The number of hydrogen-bond acceptors (Lipinski definition) is 3. The van der Waals surface area contributed by atoms with Crippen molar-refractivity contribution in [2.24, 2.45) is 0 Å². The van der Waals surface area contributed by atoms with Gasteiger partial charge in [0.2, 0.25) is 0 Å². The third-order valence-corrected chi connectivity index (χ3v) is 5.29. The Morgan fingerprint density at radius 1 is 1.07 bits per heavy atom. The summed E-state index contributed by atoms with van der Waals surface area (Å²) in [6.07, 6.45) is 0.717. The zero-order valence-corrected chi connectivity index (χ0v) is 17.0. The van der Waals surface area contributed by atoms with Crippen molar-refractivity contribution in [1.82, 2.24) is 4.90 Å². The molecule has 1 heterocycles. The highest BCUT2D eigenvalue weighted by atomic mass is 35.5. The Kier molecular flexibility index (Phi) is 5.90. The Morgan fingerprint density at radius 3 is 2.21 bits per heavy atom. The number of aliphatic hydroxyl groups excluding tert-OH is 1. The van der Waals surface area contributed by atoms with Crippen LogP contribution in [0.3, 0.4) is 0 Å². The van der Waals surface area contributed by atoms with Gasteiger partial charge in [0.05, 0.1) is 11.6 Å². The zero-order chi connectivity index (χ0) is 20.4. The number of nitrogens with zero attached hydrogens (tertiary/aromatic N) is 1. The average Bonchev–Trinajstić information content (AvgIpc) is 2.93. The first-order valence-corrected chi connectivity index (χ1v) is 9.87. The first kappa shape index (κ1) is 20.2. The van der Waals surface area contributed by atoms with Gasteiger partial charge in [0.25, 0.3) is 11.7 Å². The lowest BCUT2D eigenvalue weighted by Crippen LogP contribution is -2.30. The minimum atomic E-state index is -0.654. The monoisotopic (exact) mass is 397 g/mol. The van der Waals surface area contributed by atoms with Crippen LogP contribution in [-0.2, 0) is 9.59 Å². The van der Waals surface area contributed by atoms with Crippen molar-refractivity contribution in [2.45, 2.75) is 39.2 Å². The first-order valence-electron chi connectivity index (χ1n) is 9.49. The number of hydrogen-bond donors (Lipinski definition) is 1. The molecule has 0 bridgehead atoms. The Bertz CT molecular complexity index is 914. The van der Waals surface area contributed by atoms with E-state index in [2.05, 4.69) is 13.8 Å². The molecule has 0 radical (unpaired) electrons. The van der Waals surface area contributed by atoms with Crippen molar-refractivity contribution < 1.29 is 14.7 Å². The molecule has 28 heavy (non-hydrogen) atoms. The summed E-state index contributed by atoms with van der Waals surface area (Å²) in [5, 5.41) is 11.4. The largest absolute Gasteiger partial charge is 0.507 e. The van der Waals surface area contributed by atoms with Crippen LogP contribution in [0.15, 0.2) is 54.1 Å². The maximum atomic E-state index is 12.8. The van der Waals surface area contributed by atoms with Gasteiger partial charge in [-0.05, 0) is 47.7 Å². The molecule has 2 aromatic rings. The summed E-state index contributed by atoms with van der Waals surface area (Å²) >= 11 is 5.93. The lowest BCUT2D eigenvalue weighted by molar-refractivity contribution is -0.139. The maximum absolute atomic E-state index is 12.8. The van der Waals surface area contributed by atoms with Gasteiger partial charge in [-0.2, -0.15) is 0 Å². The van der Waals surface area contributed by atoms with E-state index < -0.39 is 17.7 Å². The van der Waals surface area contributed by atoms with Crippen LogP contribution < -0.4 is 0 Å². The SMILES string of the molecule is CCCN1C(=O)C(=O)/C(=C(\O)c2ccc(Cl)cc2)C1c1ccc(C(C)C)cc1. The number of rotatable bonds is 5. The minimum absolute atomic E-state index is 0.123.